The summed E-state index contributed by atoms with van der Waals surface area (Å²) in [4.78, 5) is 12.3. The third-order valence-corrected chi connectivity index (χ3v) is 4.02. The Morgan fingerprint density at radius 3 is 2.62 bits per heavy atom. The van der Waals surface area contributed by atoms with Gasteiger partial charge in [-0.25, -0.2) is 4.79 Å². The number of carbonyl (C=O) groups is 1. The molecule has 1 aromatic carbocycles. The van der Waals surface area contributed by atoms with Gasteiger partial charge < -0.3 is 4.74 Å². The summed E-state index contributed by atoms with van der Waals surface area (Å²) in [5.41, 5.74) is 1.67. The number of hydrogen-bond acceptors (Lipinski definition) is 3. The van der Waals surface area contributed by atoms with Crippen molar-refractivity contribution in [3.8, 4) is 11.1 Å². The van der Waals surface area contributed by atoms with E-state index in [1.165, 1.54) is 0 Å². The lowest BCUT2D eigenvalue weighted by Crippen LogP contribution is -2.13. The Labute approximate surface area is 132 Å². The Bertz CT molecular complexity index is 673. The summed E-state index contributed by atoms with van der Waals surface area (Å²) in [5.74, 6) is -0.395. The predicted octanol–water partition coefficient (Wildman–Crippen LogP) is 4.37. The van der Waals surface area contributed by atoms with E-state index in [4.69, 9.17) is 27.9 Å². The molecule has 1 heterocycles. The summed E-state index contributed by atoms with van der Waals surface area (Å²) in [5, 5.41) is 5.32. The second-order valence-electron chi connectivity index (χ2n) is 4.90. The van der Waals surface area contributed by atoms with Crippen molar-refractivity contribution >= 4 is 29.2 Å². The first-order valence-electron chi connectivity index (χ1n) is 6.82. The minimum atomic E-state index is -0.395. The van der Waals surface area contributed by atoms with Crippen LogP contribution >= 0.6 is 23.2 Å². The maximum Gasteiger partial charge on any atom is 0.357 e. The first kappa shape index (κ1) is 14.4. The Morgan fingerprint density at radius 2 is 2.05 bits per heavy atom. The second kappa shape index (κ2) is 5.70. The molecule has 1 aliphatic rings. The molecule has 0 amide bonds. The molecule has 0 spiro atoms. The zero-order valence-corrected chi connectivity index (χ0v) is 13.0. The van der Waals surface area contributed by atoms with Crippen LogP contribution in [0.4, 0.5) is 0 Å². The van der Waals surface area contributed by atoms with Gasteiger partial charge in [0.1, 0.15) is 0 Å². The maximum atomic E-state index is 12.3. The average molecular weight is 325 g/mol. The highest BCUT2D eigenvalue weighted by atomic mass is 35.5. The van der Waals surface area contributed by atoms with E-state index in [1.807, 2.05) is 0 Å². The largest absolute Gasteiger partial charge is 0.461 e. The summed E-state index contributed by atoms with van der Waals surface area (Å²) >= 11 is 12.5. The van der Waals surface area contributed by atoms with Crippen LogP contribution < -0.4 is 0 Å². The Kier molecular flexibility index (Phi) is 3.91. The number of halogens is 2. The molecule has 1 saturated carbocycles. The number of benzene rings is 1. The molecule has 3 rings (SSSR count). The molecule has 110 valence electrons. The van der Waals surface area contributed by atoms with Gasteiger partial charge in [0, 0.05) is 11.1 Å². The number of ether oxygens (including phenoxy) is 1. The molecular formula is C15H14Cl2N2O2. The molecule has 0 saturated heterocycles. The van der Waals surface area contributed by atoms with Gasteiger partial charge in [-0.2, -0.15) is 5.10 Å². The Hall–Kier alpha value is -1.52. The Morgan fingerprint density at radius 1 is 1.38 bits per heavy atom. The minimum absolute atomic E-state index is 0.263. The SMILES string of the molecule is CCOC(=O)c1c(-c2c(Cl)cccc2Cl)cnn1C1CC1. The van der Waals surface area contributed by atoms with E-state index >= 15 is 0 Å². The summed E-state index contributed by atoms with van der Waals surface area (Å²) < 4.78 is 6.89. The van der Waals surface area contributed by atoms with Gasteiger partial charge >= 0.3 is 5.97 Å². The van der Waals surface area contributed by atoms with E-state index in [1.54, 1.807) is 36.0 Å². The highest BCUT2D eigenvalue weighted by Gasteiger charge is 2.32. The normalized spacial score (nSPS) is 14.2. The number of nitrogens with zero attached hydrogens (tertiary/aromatic N) is 2. The van der Waals surface area contributed by atoms with E-state index in [-0.39, 0.29) is 6.04 Å². The van der Waals surface area contributed by atoms with Crippen LogP contribution in [0.3, 0.4) is 0 Å². The summed E-state index contributed by atoms with van der Waals surface area (Å²) in [7, 11) is 0. The van der Waals surface area contributed by atoms with Gasteiger partial charge in [0.25, 0.3) is 0 Å². The van der Waals surface area contributed by atoms with E-state index in [0.717, 1.165) is 12.8 Å². The molecule has 1 aromatic heterocycles. The van der Waals surface area contributed by atoms with Crippen LogP contribution in [0.25, 0.3) is 11.1 Å². The second-order valence-corrected chi connectivity index (χ2v) is 5.71. The monoisotopic (exact) mass is 324 g/mol. The number of aromatic nitrogens is 2. The molecule has 0 radical (unpaired) electrons. The predicted molar refractivity (Wildman–Crippen MR) is 81.9 cm³/mol. The molecule has 2 aromatic rings. The van der Waals surface area contributed by atoms with Crippen LogP contribution in [-0.2, 0) is 4.74 Å². The van der Waals surface area contributed by atoms with Crippen LogP contribution in [0.5, 0.6) is 0 Å². The molecule has 0 N–H and O–H groups in total. The molecule has 0 aliphatic heterocycles. The first-order chi connectivity index (χ1) is 10.1. The average Bonchev–Trinajstić information content (AvgIpc) is 3.19. The van der Waals surface area contributed by atoms with E-state index < -0.39 is 5.97 Å². The molecule has 0 bridgehead atoms. The van der Waals surface area contributed by atoms with Gasteiger partial charge in [0.2, 0.25) is 0 Å². The van der Waals surface area contributed by atoms with Gasteiger partial charge in [0.15, 0.2) is 5.69 Å². The zero-order valence-electron chi connectivity index (χ0n) is 11.5. The third kappa shape index (κ3) is 2.65. The van der Waals surface area contributed by atoms with Gasteiger partial charge in [-0.1, -0.05) is 29.3 Å². The van der Waals surface area contributed by atoms with Crippen molar-refractivity contribution < 1.29 is 9.53 Å². The summed E-state index contributed by atoms with van der Waals surface area (Å²) in [6, 6.07) is 5.52. The third-order valence-electron chi connectivity index (χ3n) is 3.39. The first-order valence-corrected chi connectivity index (χ1v) is 7.58. The van der Waals surface area contributed by atoms with Crippen LogP contribution in [-0.4, -0.2) is 22.4 Å². The molecule has 1 aliphatic carbocycles. The van der Waals surface area contributed by atoms with Crippen LogP contribution in [0, 0.1) is 0 Å². The van der Waals surface area contributed by atoms with E-state index in [2.05, 4.69) is 5.10 Å². The summed E-state index contributed by atoms with van der Waals surface area (Å²) in [6.45, 7) is 2.09. The van der Waals surface area contributed by atoms with E-state index in [9.17, 15) is 4.79 Å². The van der Waals surface area contributed by atoms with Crippen molar-refractivity contribution in [3.63, 3.8) is 0 Å². The molecular weight excluding hydrogens is 311 g/mol. The minimum Gasteiger partial charge on any atom is -0.461 e. The topological polar surface area (TPSA) is 44.1 Å². The fourth-order valence-electron chi connectivity index (χ4n) is 2.30. The molecule has 4 nitrogen and oxygen atoms in total. The highest BCUT2D eigenvalue weighted by Crippen LogP contribution is 2.41. The molecule has 6 heteroatoms. The molecule has 1 fully saturated rings. The lowest BCUT2D eigenvalue weighted by Gasteiger charge is -2.10. The smallest absolute Gasteiger partial charge is 0.357 e. The number of carbonyl (C=O) groups excluding carboxylic acids is 1. The molecule has 0 atom stereocenters. The van der Waals surface area contributed by atoms with Gasteiger partial charge in [-0.15, -0.1) is 0 Å². The van der Waals surface area contributed by atoms with Crippen LogP contribution in [0.2, 0.25) is 10.0 Å². The van der Waals surface area contributed by atoms with Gasteiger partial charge in [0.05, 0.1) is 28.9 Å². The van der Waals surface area contributed by atoms with Crippen molar-refractivity contribution in [2.75, 3.05) is 6.61 Å². The fourth-order valence-corrected chi connectivity index (χ4v) is 2.90. The van der Waals surface area contributed by atoms with Crippen molar-refractivity contribution in [1.29, 1.82) is 0 Å². The molecule has 21 heavy (non-hydrogen) atoms. The number of hydrogen-bond donors (Lipinski definition) is 0. The van der Waals surface area contributed by atoms with Crippen molar-refractivity contribution in [1.82, 2.24) is 9.78 Å². The van der Waals surface area contributed by atoms with Crippen LogP contribution in [0.1, 0.15) is 36.3 Å². The van der Waals surface area contributed by atoms with Crippen molar-refractivity contribution in [3.05, 3.63) is 40.1 Å². The number of esters is 1. The highest BCUT2D eigenvalue weighted by molar-refractivity contribution is 6.39. The fraction of sp³-hybridized carbons (Fsp3) is 0.333. The van der Waals surface area contributed by atoms with Crippen molar-refractivity contribution in [2.24, 2.45) is 0 Å². The van der Waals surface area contributed by atoms with Gasteiger partial charge in [-0.3, -0.25) is 4.68 Å². The van der Waals surface area contributed by atoms with E-state index in [0.29, 0.717) is 33.5 Å². The number of rotatable bonds is 4. The standard InChI is InChI=1S/C15H14Cl2N2O2/c1-2-21-15(20)14-10(8-18-19(14)9-6-7-9)13-11(16)4-3-5-12(13)17/h3-5,8-9H,2,6-7H2,1H3. The quantitative estimate of drug-likeness (QED) is 0.784. The lowest BCUT2D eigenvalue weighted by atomic mass is 10.1. The van der Waals surface area contributed by atoms with Crippen LogP contribution in [0.15, 0.2) is 24.4 Å². The maximum absolute atomic E-state index is 12.3. The summed E-state index contributed by atoms with van der Waals surface area (Å²) in [6.07, 6.45) is 3.67. The molecule has 0 unspecified atom stereocenters. The Balaban J connectivity index is 2.16. The van der Waals surface area contributed by atoms with Gasteiger partial charge in [-0.05, 0) is 31.9 Å². The zero-order chi connectivity index (χ0) is 15.0. The lowest BCUT2D eigenvalue weighted by molar-refractivity contribution is 0.0512. The van der Waals surface area contributed by atoms with Crippen molar-refractivity contribution in [2.45, 2.75) is 25.8 Å².